The lowest BCUT2D eigenvalue weighted by Gasteiger charge is -2.24. The number of carboxylic acid groups (broad SMARTS) is 2. The lowest BCUT2D eigenvalue weighted by atomic mass is 10.1. The summed E-state index contributed by atoms with van der Waals surface area (Å²) in [4.78, 5) is 35.3. The van der Waals surface area contributed by atoms with Gasteiger partial charge in [-0.3, -0.25) is 9.59 Å². The summed E-state index contributed by atoms with van der Waals surface area (Å²) in [7, 11) is 0. The molecule has 0 saturated carbocycles. The summed E-state index contributed by atoms with van der Waals surface area (Å²) in [6, 6.07) is 4.97. The average Bonchev–Trinajstić information content (AvgIpc) is 2.72. The van der Waals surface area contributed by atoms with E-state index >= 15 is 0 Å². The number of likely N-dealkylation sites (tertiary alicyclic amines) is 1. The number of carbonyl (C=O) groups is 3. The Morgan fingerprint density at radius 3 is 2.55 bits per heavy atom. The van der Waals surface area contributed by atoms with Gasteiger partial charge in [-0.15, -0.1) is 0 Å². The molecule has 0 aromatic heterocycles. The van der Waals surface area contributed by atoms with E-state index in [1.54, 1.807) is 18.2 Å². The van der Waals surface area contributed by atoms with Crippen LogP contribution in [0.3, 0.4) is 0 Å². The molecule has 0 spiro atoms. The summed E-state index contributed by atoms with van der Waals surface area (Å²) in [6.45, 7) is -0.113. The number of nitrogens with zero attached hydrogens (tertiary/aromatic N) is 1. The van der Waals surface area contributed by atoms with E-state index in [9.17, 15) is 19.5 Å². The van der Waals surface area contributed by atoms with E-state index in [1.807, 2.05) is 0 Å². The smallest absolute Gasteiger partial charge is 0.331 e. The zero-order chi connectivity index (χ0) is 14.9. The van der Waals surface area contributed by atoms with E-state index in [2.05, 4.69) is 0 Å². The zero-order valence-corrected chi connectivity index (χ0v) is 11.1. The van der Waals surface area contributed by atoms with Crippen molar-refractivity contribution >= 4 is 29.4 Å². The van der Waals surface area contributed by atoms with Crippen LogP contribution in [0.15, 0.2) is 24.3 Å². The number of carboxylic acids is 2. The summed E-state index contributed by atoms with van der Waals surface area (Å²) < 4.78 is 0. The van der Waals surface area contributed by atoms with Crippen molar-refractivity contribution in [1.82, 2.24) is 4.90 Å². The van der Waals surface area contributed by atoms with E-state index < -0.39 is 29.8 Å². The van der Waals surface area contributed by atoms with Gasteiger partial charge in [-0.1, -0.05) is 23.7 Å². The van der Waals surface area contributed by atoms with Crippen LogP contribution in [-0.2, 0) is 14.4 Å². The Kier molecular flexibility index (Phi) is 3.94. The summed E-state index contributed by atoms with van der Waals surface area (Å²) >= 11 is 5.83. The third-order valence-corrected chi connectivity index (χ3v) is 3.45. The highest BCUT2D eigenvalue weighted by Crippen LogP contribution is 2.30. The fraction of sp³-hybridized carbons (Fsp3) is 0.308. The molecule has 1 fully saturated rings. The molecule has 1 saturated heterocycles. The highest BCUT2D eigenvalue weighted by Gasteiger charge is 2.41. The van der Waals surface area contributed by atoms with Gasteiger partial charge in [0, 0.05) is 18.0 Å². The van der Waals surface area contributed by atoms with E-state index in [1.165, 1.54) is 6.07 Å². The van der Waals surface area contributed by atoms with Crippen LogP contribution in [0.5, 0.6) is 0 Å². The van der Waals surface area contributed by atoms with Crippen LogP contribution >= 0.6 is 11.6 Å². The molecule has 2 rings (SSSR count). The Balaban J connectivity index is 2.33. The van der Waals surface area contributed by atoms with Crippen LogP contribution in [0.1, 0.15) is 18.0 Å². The molecule has 20 heavy (non-hydrogen) atoms. The number of benzene rings is 1. The maximum absolute atomic E-state index is 11.9. The molecule has 1 aromatic carbocycles. The van der Waals surface area contributed by atoms with Gasteiger partial charge in [0.1, 0.15) is 0 Å². The van der Waals surface area contributed by atoms with Gasteiger partial charge in [0.05, 0.1) is 5.92 Å². The second-order valence-electron chi connectivity index (χ2n) is 4.58. The number of hydrogen-bond acceptors (Lipinski definition) is 3. The summed E-state index contributed by atoms with van der Waals surface area (Å²) in [5.74, 6) is -3.67. The van der Waals surface area contributed by atoms with Gasteiger partial charge in [0.15, 0.2) is 6.04 Å². The molecular weight excluding hydrogens is 286 g/mol. The molecular formula is C13H12ClNO5. The fourth-order valence-electron chi connectivity index (χ4n) is 2.28. The Hall–Kier alpha value is -2.08. The quantitative estimate of drug-likeness (QED) is 0.876. The van der Waals surface area contributed by atoms with Gasteiger partial charge in [0.25, 0.3) is 0 Å². The predicted octanol–water partition coefficient (Wildman–Crippen LogP) is 1.40. The Labute approximate surface area is 119 Å². The first-order valence-corrected chi connectivity index (χ1v) is 6.28. The van der Waals surface area contributed by atoms with Crippen LogP contribution in [0.4, 0.5) is 0 Å². The number of rotatable bonds is 4. The maximum Gasteiger partial charge on any atom is 0.331 e. The first-order valence-electron chi connectivity index (χ1n) is 5.90. The van der Waals surface area contributed by atoms with E-state index in [-0.39, 0.29) is 13.0 Å². The molecule has 2 N–H and O–H groups in total. The highest BCUT2D eigenvalue weighted by molar-refractivity contribution is 6.30. The largest absolute Gasteiger partial charge is 0.481 e. The lowest BCUT2D eigenvalue weighted by Crippen LogP contribution is -2.35. The molecule has 106 valence electrons. The molecule has 1 heterocycles. The molecule has 1 aliphatic heterocycles. The molecule has 0 radical (unpaired) electrons. The minimum Gasteiger partial charge on any atom is -0.481 e. The van der Waals surface area contributed by atoms with Crippen LogP contribution in [0.25, 0.3) is 0 Å². The van der Waals surface area contributed by atoms with Crippen molar-refractivity contribution in [1.29, 1.82) is 0 Å². The van der Waals surface area contributed by atoms with Crippen molar-refractivity contribution in [3.8, 4) is 0 Å². The fourth-order valence-corrected chi connectivity index (χ4v) is 2.48. The number of hydrogen-bond donors (Lipinski definition) is 2. The monoisotopic (exact) mass is 297 g/mol. The average molecular weight is 298 g/mol. The molecule has 0 aliphatic carbocycles. The topological polar surface area (TPSA) is 94.9 Å². The Morgan fingerprint density at radius 2 is 2.05 bits per heavy atom. The second-order valence-corrected chi connectivity index (χ2v) is 5.02. The highest BCUT2D eigenvalue weighted by atomic mass is 35.5. The standard InChI is InChI=1S/C13H12ClNO5/c14-9-3-1-2-7(4-9)11(13(19)20)15-6-8(12(17)18)5-10(15)16/h1-4,8,11H,5-6H2,(H,17,18)(H,19,20). The normalized spacial score (nSPS) is 19.9. The van der Waals surface area contributed by atoms with Crippen molar-refractivity contribution < 1.29 is 24.6 Å². The Bertz CT molecular complexity index is 574. The third kappa shape index (κ3) is 2.75. The zero-order valence-electron chi connectivity index (χ0n) is 10.3. The Morgan fingerprint density at radius 1 is 1.35 bits per heavy atom. The molecule has 1 amide bonds. The molecule has 1 aromatic rings. The maximum atomic E-state index is 11.9. The van der Waals surface area contributed by atoms with Crippen LogP contribution in [-0.4, -0.2) is 39.5 Å². The van der Waals surface area contributed by atoms with E-state index in [4.69, 9.17) is 16.7 Å². The predicted molar refractivity (Wildman–Crippen MR) is 69.3 cm³/mol. The molecule has 6 nitrogen and oxygen atoms in total. The minimum absolute atomic E-state index is 0.113. The van der Waals surface area contributed by atoms with Crippen LogP contribution in [0, 0.1) is 5.92 Å². The van der Waals surface area contributed by atoms with Crippen molar-refractivity contribution in [3.05, 3.63) is 34.9 Å². The lowest BCUT2D eigenvalue weighted by molar-refractivity contribution is -0.149. The van der Waals surface area contributed by atoms with Gasteiger partial charge in [-0.25, -0.2) is 4.79 Å². The van der Waals surface area contributed by atoms with Gasteiger partial charge in [-0.05, 0) is 17.7 Å². The van der Waals surface area contributed by atoms with Gasteiger partial charge in [-0.2, -0.15) is 0 Å². The molecule has 2 unspecified atom stereocenters. The van der Waals surface area contributed by atoms with E-state index in [0.717, 1.165) is 4.90 Å². The SMILES string of the molecule is O=C(O)C1CC(=O)N(C(C(=O)O)c2cccc(Cl)c2)C1. The molecule has 7 heteroatoms. The van der Waals surface area contributed by atoms with Crippen LogP contribution in [0.2, 0.25) is 5.02 Å². The third-order valence-electron chi connectivity index (χ3n) is 3.22. The summed E-state index contributed by atoms with van der Waals surface area (Å²) in [5, 5.41) is 18.6. The number of aliphatic carboxylic acids is 2. The summed E-state index contributed by atoms with van der Waals surface area (Å²) in [6.07, 6.45) is -0.181. The van der Waals surface area contributed by atoms with Gasteiger partial charge >= 0.3 is 11.9 Å². The van der Waals surface area contributed by atoms with Crippen LogP contribution < -0.4 is 0 Å². The molecule has 2 atom stereocenters. The van der Waals surface area contributed by atoms with Crippen molar-refractivity contribution in [3.63, 3.8) is 0 Å². The first-order chi connectivity index (χ1) is 9.40. The molecule has 0 bridgehead atoms. The van der Waals surface area contributed by atoms with Crippen molar-refractivity contribution in [2.75, 3.05) is 6.54 Å². The number of carbonyl (C=O) groups excluding carboxylic acids is 1. The van der Waals surface area contributed by atoms with Gasteiger partial charge in [0.2, 0.25) is 5.91 Å². The van der Waals surface area contributed by atoms with Crippen molar-refractivity contribution in [2.45, 2.75) is 12.5 Å². The van der Waals surface area contributed by atoms with Gasteiger partial charge < -0.3 is 15.1 Å². The first kappa shape index (κ1) is 14.3. The summed E-state index contributed by atoms with van der Waals surface area (Å²) in [5.41, 5.74) is 0.351. The minimum atomic E-state index is -1.22. The van der Waals surface area contributed by atoms with E-state index in [0.29, 0.717) is 10.6 Å². The number of halogens is 1. The van der Waals surface area contributed by atoms with Crippen molar-refractivity contribution in [2.24, 2.45) is 5.92 Å². The number of amides is 1. The molecule has 1 aliphatic rings. The second kappa shape index (κ2) is 5.50.